The third-order valence-electron chi connectivity index (χ3n) is 1.87. The Balaban J connectivity index is 3.04. The topological polar surface area (TPSA) is 50.7 Å². The van der Waals surface area contributed by atoms with Crippen LogP contribution in [0.1, 0.15) is 18.9 Å². The van der Waals surface area contributed by atoms with Crippen LogP contribution in [-0.4, -0.2) is 19.1 Å². The second kappa shape index (κ2) is 5.24. The summed E-state index contributed by atoms with van der Waals surface area (Å²) >= 11 is 0. The molecule has 0 atom stereocenters. The number of nitrogens with two attached hydrogens (primary N) is 1. The van der Waals surface area contributed by atoms with Gasteiger partial charge in [-0.15, -0.1) is 0 Å². The van der Waals surface area contributed by atoms with Gasteiger partial charge in [0.25, 0.3) is 0 Å². The fourth-order valence-corrected chi connectivity index (χ4v) is 1.11. The average molecular weight is 207 g/mol. The first-order chi connectivity index (χ1) is 7.19. The molecule has 1 rings (SSSR count). The van der Waals surface area contributed by atoms with E-state index in [-0.39, 0.29) is 5.69 Å². The van der Waals surface area contributed by atoms with E-state index in [0.717, 1.165) is 6.42 Å². The van der Waals surface area contributed by atoms with E-state index in [9.17, 15) is 4.39 Å². The molecule has 1 aromatic rings. The Morgan fingerprint density at radius 2 is 2.27 bits per heavy atom. The Morgan fingerprint density at radius 1 is 1.53 bits per heavy atom. The van der Waals surface area contributed by atoms with Gasteiger partial charge in [-0.1, -0.05) is 6.92 Å². The van der Waals surface area contributed by atoms with Crippen molar-refractivity contribution >= 4 is 17.7 Å². The van der Waals surface area contributed by atoms with Crippen LogP contribution in [0, 0.1) is 5.82 Å². The number of halogens is 1. The Morgan fingerprint density at radius 3 is 2.80 bits per heavy atom. The lowest BCUT2D eigenvalue weighted by Gasteiger charge is -2.02. The maximum atomic E-state index is 13.2. The Kier molecular flexibility index (Phi) is 3.97. The third kappa shape index (κ3) is 2.87. The third-order valence-corrected chi connectivity index (χ3v) is 1.87. The van der Waals surface area contributed by atoms with Crippen LogP contribution in [0.15, 0.2) is 28.2 Å². The second-order valence-electron chi connectivity index (χ2n) is 3.00. The van der Waals surface area contributed by atoms with Gasteiger partial charge >= 0.3 is 0 Å². The predicted molar refractivity (Wildman–Crippen MR) is 62.1 cm³/mol. The highest BCUT2D eigenvalue weighted by Gasteiger charge is 2.04. The zero-order chi connectivity index (χ0) is 11.3. The molecular weight excluding hydrogens is 193 g/mol. The molecule has 0 radical (unpaired) electrons. The Bertz CT molecular complexity index is 397. The molecule has 0 saturated heterocycles. The van der Waals surface area contributed by atoms with Crippen LogP contribution in [0.25, 0.3) is 0 Å². The number of anilines is 1. The summed E-state index contributed by atoms with van der Waals surface area (Å²) < 4.78 is 13.2. The summed E-state index contributed by atoms with van der Waals surface area (Å²) in [7, 11) is 1.62. The molecule has 3 nitrogen and oxygen atoms in total. The highest BCUT2D eigenvalue weighted by molar-refractivity contribution is 6.03. The van der Waals surface area contributed by atoms with Gasteiger partial charge in [-0.2, -0.15) is 0 Å². The van der Waals surface area contributed by atoms with Gasteiger partial charge in [0.2, 0.25) is 0 Å². The summed E-state index contributed by atoms with van der Waals surface area (Å²) in [5.41, 5.74) is 6.14. The number of nitrogens with zero attached hydrogens (tertiary/aromatic N) is 2. The molecule has 0 aliphatic heterocycles. The molecule has 0 fully saturated rings. The van der Waals surface area contributed by atoms with Crippen LogP contribution in [-0.2, 0) is 0 Å². The van der Waals surface area contributed by atoms with Crippen molar-refractivity contribution in [3.8, 4) is 0 Å². The van der Waals surface area contributed by atoms with Crippen molar-refractivity contribution in [3.63, 3.8) is 0 Å². The highest BCUT2D eigenvalue weighted by atomic mass is 19.1. The smallest absolute Gasteiger partial charge is 0.154 e. The molecule has 0 unspecified atom stereocenters. The number of amidine groups is 1. The van der Waals surface area contributed by atoms with Crippen molar-refractivity contribution in [1.82, 2.24) is 0 Å². The van der Waals surface area contributed by atoms with E-state index in [0.29, 0.717) is 11.4 Å². The summed E-state index contributed by atoms with van der Waals surface area (Å²) in [6.07, 6.45) is 2.55. The van der Waals surface area contributed by atoms with E-state index < -0.39 is 5.82 Å². The summed E-state index contributed by atoms with van der Waals surface area (Å²) in [4.78, 5) is 8.10. The molecule has 15 heavy (non-hydrogen) atoms. The van der Waals surface area contributed by atoms with Crippen LogP contribution < -0.4 is 5.73 Å². The van der Waals surface area contributed by atoms with E-state index in [1.54, 1.807) is 19.3 Å². The van der Waals surface area contributed by atoms with Crippen molar-refractivity contribution in [2.45, 2.75) is 13.3 Å². The molecular formula is C11H14FN3. The largest absolute Gasteiger partial charge is 0.396 e. The minimum atomic E-state index is -0.444. The summed E-state index contributed by atoms with van der Waals surface area (Å²) in [5.74, 6) is 0.0658. The van der Waals surface area contributed by atoms with Crippen LogP contribution in [0.3, 0.4) is 0 Å². The molecule has 0 amide bonds. The normalized spacial score (nSPS) is 12.3. The molecule has 4 heteroatoms. The molecule has 0 spiro atoms. The number of rotatable bonds is 2. The first kappa shape index (κ1) is 11.4. The van der Waals surface area contributed by atoms with Gasteiger partial charge in [-0.05, 0) is 24.6 Å². The van der Waals surface area contributed by atoms with E-state index in [1.807, 2.05) is 6.92 Å². The number of aliphatic imine (C=N–C) groups is 2. The fourth-order valence-electron chi connectivity index (χ4n) is 1.11. The van der Waals surface area contributed by atoms with Gasteiger partial charge in [-0.3, -0.25) is 4.99 Å². The lowest BCUT2D eigenvalue weighted by molar-refractivity contribution is 0.632. The second-order valence-corrected chi connectivity index (χ2v) is 3.00. The minimum absolute atomic E-state index is 0.133. The van der Waals surface area contributed by atoms with Crippen LogP contribution in [0.5, 0.6) is 0 Å². The highest BCUT2D eigenvalue weighted by Crippen LogP contribution is 2.13. The molecule has 0 saturated carbocycles. The number of nitrogen functional groups attached to an aromatic ring is 1. The molecule has 0 aromatic heterocycles. The van der Waals surface area contributed by atoms with Gasteiger partial charge in [0.15, 0.2) is 5.84 Å². The number of benzene rings is 1. The zero-order valence-electron chi connectivity index (χ0n) is 8.87. The van der Waals surface area contributed by atoms with Crippen molar-refractivity contribution < 1.29 is 4.39 Å². The maximum absolute atomic E-state index is 13.2. The summed E-state index contributed by atoms with van der Waals surface area (Å²) in [6, 6.07) is 4.55. The maximum Gasteiger partial charge on any atom is 0.154 e. The molecule has 0 aliphatic carbocycles. The van der Waals surface area contributed by atoms with Gasteiger partial charge in [0.1, 0.15) is 5.82 Å². The van der Waals surface area contributed by atoms with Crippen molar-refractivity contribution in [3.05, 3.63) is 29.6 Å². The quantitative estimate of drug-likeness (QED) is 0.451. The first-order valence-electron chi connectivity index (χ1n) is 4.73. The average Bonchev–Trinajstić information content (AvgIpc) is 2.24. The van der Waals surface area contributed by atoms with Crippen molar-refractivity contribution in [2.24, 2.45) is 9.98 Å². The minimum Gasteiger partial charge on any atom is -0.396 e. The molecule has 1 aromatic carbocycles. The van der Waals surface area contributed by atoms with E-state index in [2.05, 4.69) is 9.98 Å². The van der Waals surface area contributed by atoms with Gasteiger partial charge in [0.05, 0.1) is 5.69 Å². The number of hydrogen-bond acceptors (Lipinski definition) is 2. The Labute approximate surface area is 88.6 Å². The first-order valence-corrected chi connectivity index (χ1v) is 4.73. The van der Waals surface area contributed by atoms with Crippen molar-refractivity contribution in [2.75, 3.05) is 12.8 Å². The standard InChI is InChI=1S/C11H14FN3/c1-3-6-15-11(14-2)8-4-5-10(13)9(12)7-8/h4-7H,3,13H2,1-2H3. The molecule has 2 N–H and O–H groups in total. The van der Waals surface area contributed by atoms with Crippen molar-refractivity contribution in [1.29, 1.82) is 0 Å². The molecule has 0 heterocycles. The van der Waals surface area contributed by atoms with E-state index in [1.165, 1.54) is 12.1 Å². The van der Waals surface area contributed by atoms with Crippen LogP contribution in [0.4, 0.5) is 10.1 Å². The Hall–Kier alpha value is -1.71. The van der Waals surface area contributed by atoms with Crippen LogP contribution in [0.2, 0.25) is 0 Å². The number of hydrogen-bond donors (Lipinski definition) is 1. The molecule has 0 aliphatic rings. The lowest BCUT2D eigenvalue weighted by atomic mass is 10.2. The van der Waals surface area contributed by atoms with Crippen LogP contribution >= 0.6 is 0 Å². The molecule has 80 valence electrons. The molecule has 0 bridgehead atoms. The van der Waals surface area contributed by atoms with E-state index in [4.69, 9.17) is 5.73 Å². The monoisotopic (exact) mass is 207 g/mol. The summed E-state index contributed by atoms with van der Waals surface area (Å²) in [6.45, 7) is 1.97. The van der Waals surface area contributed by atoms with Gasteiger partial charge in [-0.25, -0.2) is 9.38 Å². The SMILES string of the molecule is CCC=NC(=NC)c1ccc(N)c(F)c1. The summed E-state index contributed by atoms with van der Waals surface area (Å²) in [5, 5.41) is 0. The lowest BCUT2D eigenvalue weighted by Crippen LogP contribution is -2.00. The zero-order valence-corrected chi connectivity index (χ0v) is 8.87. The predicted octanol–water partition coefficient (Wildman–Crippen LogP) is 2.27. The van der Waals surface area contributed by atoms with Gasteiger partial charge < -0.3 is 5.73 Å². The fraction of sp³-hybridized carbons (Fsp3) is 0.273. The van der Waals surface area contributed by atoms with E-state index >= 15 is 0 Å². The van der Waals surface area contributed by atoms with Gasteiger partial charge in [0, 0.05) is 18.8 Å².